The zero-order chi connectivity index (χ0) is 15.2. The van der Waals surface area contributed by atoms with Gasteiger partial charge in [-0.25, -0.2) is 4.98 Å². The van der Waals surface area contributed by atoms with Crippen molar-refractivity contribution in [1.82, 2.24) is 9.55 Å². The Balaban J connectivity index is 2.21. The quantitative estimate of drug-likeness (QED) is 0.749. The third-order valence-electron chi connectivity index (χ3n) is 2.88. The first-order valence-electron chi connectivity index (χ1n) is 6.30. The molecule has 21 heavy (non-hydrogen) atoms. The normalized spacial score (nSPS) is 12.1. The van der Waals surface area contributed by atoms with Crippen LogP contribution < -0.4 is 0 Å². The number of benzene rings is 1. The Labute approximate surface area is 133 Å². The highest BCUT2D eigenvalue weighted by molar-refractivity contribution is 6.35. The molecule has 1 heterocycles. The highest BCUT2D eigenvalue weighted by Crippen LogP contribution is 2.30. The van der Waals surface area contributed by atoms with Crippen molar-refractivity contribution in [3.63, 3.8) is 0 Å². The predicted molar refractivity (Wildman–Crippen MR) is 82.8 cm³/mol. The molecule has 0 bridgehead atoms. The summed E-state index contributed by atoms with van der Waals surface area (Å²) in [6.07, 6.45) is 5.89. The second-order valence-electron chi connectivity index (χ2n) is 4.34. The number of rotatable bonds is 6. The Morgan fingerprint density at radius 3 is 2.90 bits per heavy atom. The molecule has 110 valence electrons. The van der Waals surface area contributed by atoms with Gasteiger partial charge in [-0.05, 0) is 12.1 Å². The summed E-state index contributed by atoms with van der Waals surface area (Å²) < 4.78 is 7.08. The summed E-state index contributed by atoms with van der Waals surface area (Å²) in [6, 6.07) is 5.11. The number of ether oxygens (including phenoxy) is 1. The Morgan fingerprint density at radius 1 is 1.48 bits per heavy atom. The zero-order valence-electron chi connectivity index (χ0n) is 11.2. The van der Waals surface area contributed by atoms with E-state index in [1.807, 2.05) is 0 Å². The summed E-state index contributed by atoms with van der Waals surface area (Å²) in [4.78, 5) is 16.0. The molecule has 4 nitrogen and oxygen atoms in total. The van der Waals surface area contributed by atoms with Gasteiger partial charge in [-0.3, -0.25) is 9.36 Å². The minimum atomic E-state index is -0.470. The van der Waals surface area contributed by atoms with Crippen LogP contribution in [0, 0.1) is 0 Å². The summed E-state index contributed by atoms with van der Waals surface area (Å²) in [5, 5.41) is 1.00. The first-order chi connectivity index (χ1) is 10.1. The van der Waals surface area contributed by atoms with Crippen molar-refractivity contribution < 1.29 is 9.53 Å². The molecule has 1 unspecified atom stereocenters. The summed E-state index contributed by atoms with van der Waals surface area (Å²) in [6.45, 7) is 3.93. The van der Waals surface area contributed by atoms with Gasteiger partial charge in [-0.2, -0.15) is 0 Å². The van der Waals surface area contributed by atoms with Gasteiger partial charge in [-0.15, -0.1) is 6.58 Å². The summed E-state index contributed by atoms with van der Waals surface area (Å²) in [7, 11) is 0. The van der Waals surface area contributed by atoms with Gasteiger partial charge in [0.05, 0.1) is 19.1 Å². The van der Waals surface area contributed by atoms with E-state index in [0.29, 0.717) is 16.7 Å². The van der Waals surface area contributed by atoms with E-state index in [1.54, 1.807) is 36.7 Å². The molecular weight excluding hydrogens is 311 g/mol. The third kappa shape index (κ3) is 4.17. The van der Waals surface area contributed by atoms with E-state index in [1.165, 1.54) is 10.9 Å². The Kier molecular flexibility index (Phi) is 5.56. The number of carbonyl (C=O) groups is 1. The van der Waals surface area contributed by atoms with Crippen molar-refractivity contribution in [3.8, 4) is 0 Å². The lowest BCUT2D eigenvalue weighted by Crippen LogP contribution is -2.16. The van der Waals surface area contributed by atoms with E-state index in [-0.39, 0.29) is 12.3 Å². The van der Waals surface area contributed by atoms with Crippen LogP contribution in [0.4, 0.5) is 0 Å². The molecule has 0 spiro atoms. The lowest BCUT2D eigenvalue weighted by Gasteiger charge is -2.18. The van der Waals surface area contributed by atoms with Crippen LogP contribution in [0.25, 0.3) is 0 Å². The first kappa shape index (κ1) is 15.8. The lowest BCUT2D eigenvalue weighted by atomic mass is 10.1. The van der Waals surface area contributed by atoms with Crippen molar-refractivity contribution in [2.75, 3.05) is 6.61 Å². The molecule has 0 amide bonds. The number of nitrogens with zero attached hydrogens (tertiary/aromatic N) is 2. The van der Waals surface area contributed by atoms with E-state index in [0.717, 1.165) is 5.56 Å². The largest absolute Gasteiger partial charge is 0.369 e. The van der Waals surface area contributed by atoms with Crippen LogP contribution in [-0.4, -0.2) is 22.1 Å². The third-order valence-corrected chi connectivity index (χ3v) is 3.44. The summed E-state index contributed by atoms with van der Waals surface area (Å²) in [5.74, 6) is -0.132. The molecule has 2 rings (SSSR count). The number of aromatic nitrogens is 2. The molecular formula is C15H14Cl2N2O2. The van der Waals surface area contributed by atoms with Crippen molar-refractivity contribution in [2.45, 2.75) is 12.5 Å². The fourth-order valence-electron chi connectivity index (χ4n) is 1.88. The smallest absolute Gasteiger partial charge is 0.234 e. The maximum Gasteiger partial charge on any atom is 0.234 e. The van der Waals surface area contributed by atoms with Gasteiger partial charge in [-0.1, -0.05) is 35.3 Å². The van der Waals surface area contributed by atoms with Crippen molar-refractivity contribution in [2.24, 2.45) is 0 Å². The Morgan fingerprint density at radius 2 is 2.29 bits per heavy atom. The maximum absolute atomic E-state index is 12.2. The van der Waals surface area contributed by atoms with Crippen LogP contribution in [0.2, 0.25) is 10.0 Å². The highest BCUT2D eigenvalue weighted by Gasteiger charge is 2.20. The van der Waals surface area contributed by atoms with E-state index >= 15 is 0 Å². The molecule has 0 N–H and O–H groups in total. The maximum atomic E-state index is 12.2. The second-order valence-corrected chi connectivity index (χ2v) is 5.19. The van der Waals surface area contributed by atoms with Gasteiger partial charge >= 0.3 is 0 Å². The molecule has 1 aromatic heterocycles. The van der Waals surface area contributed by atoms with Crippen LogP contribution in [0.5, 0.6) is 0 Å². The molecule has 0 radical (unpaired) electrons. The van der Waals surface area contributed by atoms with Crippen LogP contribution in [0.3, 0.4) is 0 Å². The molecule has 0 saturated carbocycles. The van der Waals surface area contributed by atoms with E-state index < -0.39 is 6.10 Å². The van der Waals surface area contributed by atoms with Crippen molar-refractivity contribution in [1.29, 1.82) is 0 Å². The van der Waals surface area contributed by atoms with Crippen LogP contribution >= 0.6 is 23.2 Å². The number of carbonyl (C=O) groups excluding carboxylic acids is 1. The van der Waals surface area contributed by atoms with Crippen molar-refractivity contribution in [3.05, 3.63) is 65.2 Å². The van der Waals surface area contributed by atoms with E-state index in [2.05, 4.69) is 11.6 Å². The van der Waals surface area contributed by atoms with Crippen molar-refractivity contribution >= 4 is 29.1 Å². The number of halogens is 2. The monoisotopic (exact) mass is 324 g/mol. The summed E-state index contributed by atoms with van der Waals surface area (Å²) >= 11 is 12.1. The molecule has 0 aliphatic rings. The van der Waals surface area contributed by atoms with Gasteiger partial charge in [0.2, 0.25) is 5.91 Å². The highest BCUT2D eigenvalue weighted by atomic mass is 35.5. The molecule has 0 saturated heterocycles. The topological polar surface area (TPSA) is 44.1 Å². The molecule has 0 aliphatic carbocycles. The summed E-state index contributed by atoms with van der Waals surface area (Å²) in [5.41, 5.74) is 0.719. The molecule has 0 aliphatic heterocycles. The molecule has 2 aromatic rings. The average molecular weight is 325 g/mol. The van der Waals surface area contributed by atoms with Crippen LogP contribution in [0.1, 0.15) is 22.9 Å². The zero-order valence-corrected chi connectivity index (χ0v) is 12.7. The number of imidazole rings is 1. The number of hydrogen-bond acceptors (Lipinski definition) is 3. The molecule has 1 atom stereocenters. The lowest BCUT2D eigenvalue weighted by molar-refractivity contribution is 0.0536. The van der Waals surface area contributed by atoms with E-state index in [9.17, 15) is 4.79 Å². The van der Waals surface area contributed by atoms with Gasteiger partial charge in [0, 0.05) is 28.0 Å². The average Bonchev–Trinajstić information content (AvgIpc) is 2.98. The first-order valence-corrected chi connectivity index (χ1v) is 7.06. The minimum absolute atomic E-state index is 0.132. The van der Waals surface area contributed by atoms with Crippen LogP contribution in [0.15, 0.2) is 49.6 Å². The SMILES string of the molecule is C=CCOC(CC(=O)n1ccnc1)c1ccc(Cl)cc1Cl. The van der Waals surface area contributed by atoms with Crippen LogP contribution in [-0.2, 0) is 4.74 Å². The van der Waals surface area contributed by atoms with Gasteiger partial charge < -0.3 is 4.74 Å². The molecule has 0 fully saturated rings. The second kappa shape index (κ2) is 7.41. The van der Waals surface area contributed by atoms with E-state index in [4.69, 9.17) is 27.9 Å². The predicted octanol–water partition coefficient (Wildman–Crippen LogP) is 4.16. The Bertz CT molecular complexity index is 627. The number of hydrogen-bond donors (Lipinski definition) is 0. The fourth-order valence-corrected chi connectivity index (χ4v) is 2.41. The minimum Gasteiger partial charge on any atom is -0.369 e. The Hall–Kier alpha value is -1.62. The van der Waals surface area contributed by atoms with Gasteiger partial charge in [0.25, 0.3) is 0 Å². The van der Waals surface area contributed by atoms with Gasteiger partial charge in [0.15, 0.2) is 0 Å². The van der Waals surface area contributed by atoms with Gasteiger partial charge in [0.1, 0.15) is 6.33 Å². The molecule has 6 heteroatoms. The fraction of sp³-hybridized carbons (Fsp3) is 0.200. The molecule has 1 aromatic carbocycles. The standard InChI is InChI=1S/C15H14Cl2N2O2/c1-2-7-21-14(9-15(20)19-6-5-18-10-19)12-4-3-11(16)8-13(12)17/h2-6,8,10,14H,1,7,9H2.